The molecule has 0 aliphatic heterocycles. The molecular weight excluding hydrogens is 314 g/mol. The summed E-state index contributed by atoms with van der Waals surface area (Å²) in [5, 5.41) is 11.5. The summed E-state index contributed by atoms with van der Waals surface area (Å²) in [6.45, 7) is 0. The van der Waals surface area contributed by atoms with Crippen molar-refractivity contribution in [2.24, 2.45) is 0 Å². The number of nitro groups is 1. The van der Waals surface area contributed by atoms with Crippen molar-refractivity contribution in [3.8, 4) is 47.2 Å². The van der Waals surface area contributed by atoms with Gasteiger partial charge >= 0.3 is 0 Å². The smallest absolute Gasteiger partial charge is 0.258 e. The molecule has 0 unspecified atom stereocenters. The number of nitro benzene ring substituents is 1. The van der Waals surface area contributed by atoms with E-state index in [-0.39, 0.29) is 5.69 Å². The number of terminal acetylenes is 2. The van der Waals surface area contributed by atoms with Crippen LogP contribution in [0.5, 0.6) is 0 Å². The van der Waals surface area contributed by atoms with Crippen LogP contribution in [0.15, 0.2) is 54.9 Å². The number of rotatable bonds is 3. The Labute approximate surface area is 144 Å². The maximum Gasteiger partial charge on any atom is 0.279 e. The molecule has 0 saturated carbocycles. The molecular formula is C20H11N3O2. The standard InChI is InChI=1S/C20H11N3O2/c1-3-14-7-9-21-18(11-14)16-5-6-17(20(13-16)23(24)25)19-12-15(4-2)8-10-22-19/h1-2,5-13H. The lowest BCUT2D eigenvalue weighted by atomic mass is 10.0. The Morgan fingerprint density at radius 3 is 2.08 bits per heavy atom. The molecule has 1 aromatic carbocycles. The van der Waals surface area contributed by atoms with E-state index in [1.54, 1.807) is 42.6 Å². The summed E-state index contributed by atoms with van der Waals surface area (Å²) in [7, 11) is 0. The topological polar surface area (TPSA) is 68.9 Å². The molecule has 118 valence electrons. The van der Waals surface area contributed by atoms with Crippen LogP contribution in [-0.2, 0) is 0 Å². The van der Waals surface area contributed by atoms with Crippen LogP contribution < -0.4 is 0 Å². The molecule has 5 heteroatoms. The van der Waals surface area contributed by atoms with Gasteiger partial charge in [0.1, 0.15) is 0 Å². The van der Waals surface area contributed by atoms with Crippen molar-refractivity contribution in [1.29, 1.82) is 0 Å². The molecule has 0 fully saturated rings. The van der Waals surface area contributed by atoms with Gasteiger partial charge in [0.25, 0.3) is 5.69 Å². The number of nitrogens with zero attached hydrogens (tertiary/aromatic N) is 3. The first-order valence-corrected chi connectivity index (χ1v) is 7.27. The van der Waals surface area contributed by atoms with Crippen molar-refractivity contribution >= 4 is 5.69 Å². The van der Waals surface area contributed by atoms with Gasteiger partial charge in [0.05, 0.1) is 21.9 Å². The molecule has 25 heavy (non-hydrogen) atoms. The number of hydrogen-bond donors (Lipinski definition) is 0. The Balaban J connectivity index is 2.15. The molecule has 0 bridgehead atoms. The SMILES string of the molecule is C#Cc1ccnc(-c2ccc(-c3cc(C#C)ccn3)c([N+](=O)[O-])c2)c1. The van der Waals surface area contributed by atoms with E-state index in [4.69, 9.17) is 12.8 Å². The van der Waals surface area contributed by atoms with E-state index in [0.29, 0.717) is 33.6 Å². The van der Waals surface area contributed by atoms with Gasteiger partial charge in [-0.25, -0.2) is 0 Å². The zero-order chi connectivity index (χ0) is 17.8. The Hall–Kier alpha value is -3.96. The highest BCUT2D eigenvalue weighted by Crippen LogP contribution is 2.33. The second-order valence-corrected chi connectivity index (χ2v) is 5.14. The van der Waals surface area contributed by atoms with E-state index in [2.05, 4.69) is 21.8 Å². The van der Waals surface area contributed by atoms with Gasteiger partial charge in [-0.1, -0.05) is 17.9 Å². The van der Waals surface area contributed by atoms with Gasteiger partial charge < -0.3 is 0 Å². The van der Waals surface area contributed by atoms with Crippen molar-refractivity contribution in [1.82, 2.24) is 9.97 Å². The first-order valence-electron chi connectivity index (χ1n) is 7.27. The fraction of sp³-hybridized carbons (Fsp3) is 0. The minimum Gasteiger partial charge on any atom is -0.258 e. The third-order valence-corrected chi connectivity index (χ3v) is 3.62. The van der Waals surface area contributed by atoms with Crippen molar-refractivity contribution in [3.63, 3.8) is 0 Å². The van der Waals surface area contributed by atoms with Gasteiger partial charge in [0.2, 0.25) is 0 Å². The summed E-state index contributed by atoms with van der Waals surface area (Å²) >= 11 is 0. The van der Waals surface area contributed by atoms with Gasteiger partial charge in [-0.3, -0.25) is 20.1 Å². The average molecular weight is 325 g/mol. The van der Waals surface area contributed by atoms with Crippen LogP contribution in [0.4, 0.5) is 5.69 Å². The van der Waals surface area contributed by atoms with Gasteiger partial charge in [0, 0.05) is 35.2 Å². The summed E-state index contributed by atoms with van der Waals surface area (Å²) < 4.78 is 0. The second-order valence-electron chi connectivity index (χ2n) is 5.14. The molecule has 0 saturated heterocycles. The molecule has 0 aliphatic rings. The Kier molecular flexibility index (Phi) is 4.24. The number of hydrogen-bond acceptors (Lipinski definition) is 4. The maximum absolute atomic E-state index is 11.5. The van der Waals surface area contributed by atoms with Crippen molar-refractivity contribution in [2.45, 2.75) is 0 Å². The summed E-state index contributed by atoms with van der Waals surface area (Å²) in [5.74, 6) is 5.02. The van der Waals surface area contributed by atoms with Crippen LogP contribution in [0, 0.1) is 34.8 Å². The highest BCUT2D eigenvalue weighted by Gasteiger charge is 2.18. The van der Waals surface area contributed by atoms with E-state index in [0.717, 1.165) is 0 Å². The van der Waals surface area contributed by atoms with Crippen LogP contribution in [-0.4, -0.2) is 14.9 Å². The normalized spacial score (nSPS) is 9.84. The van der Waals surface area contributed by atoms with Crippen molar-refractivity contribution < 1.29 is 4.92 Å². The van der Waals surface area contributed by atoms with E-state index >= 15 is 0 Å². The fourth-order valence-corrected chi connectivity index (χ4v) is 2.40. The van der Waals surface area contributed by atoms with Crippen LogP contribution in [0.2, 0.25) is 0 Å². The molecule has 0 spiro atoms. The predicted molar refractivity (Wildman–Crippen MR) is 95.4 cm³/mol. The Morgan fingerprint density at radius 1 is 0.880 bits per heavy atom. The van der Waals surface area contributed by atoms with Gasteiger partial charge in [0.15, 0.2) is 0 Å². The minimum absolute atomic E-state index is 0.0768. The molecule has 0 atom stereocenters. The first-order chi connectivity index (χ1) is 12.1. The van der Waals surface area contributed by atoms with E-state index in [9.17, 15) is 10.1 Å². The molecule has 2 aromatic heterocycles. The summed E-state index contributed by atoms with van der Waals surface area (Å²) in [6, 6.07) is 11.5. The van der Waals surface area contributed by atoms with Gasteiger partial charge in [-0.05, 0) is 30.3 Å². The molecule has 2 heterocycles. The zero-order valence-corrected chi connectivity index (χ0v) is 13.0. The fourth-order valence-electron chi connectivity index (χ4n) is 2.40. The largest absolute Gasteiger partial charge is 0.279 e. The highest BCUT2D eigenvalue weighted by molar-refractivity contribution is 5.77. The first kappa shape index (κ1) is 15.9. The summed E-state index contributed by atoms with van der Waals surface area (Å²) in [6.07, 6.45) is 13.9. The third-order valence-electron chi connectivity index (χ3n) is 3.62. The van der Waals surface area contributed by atoms with E-state index < -0.39 is 4.92 Å². The number of benzene rings is 1. The lowest BCUT2D eigenvalue weighted by Crippen LogP contribution is -1.95. The van der Waals surface area contributed by atoms with E-state index in [1.165, 1.54) is 12.3 Å². The lowest BCUT2D eigenvalue weighted by Gasteiger charge is -2.06. The molecule has 0 radical (unpaired) electrons. The summed E-state index contributed by atoms with van der Waals surface area (Å²) in [5.41, 5.74) is 3.17. The van der Waals surface area contributed by atoms with Gasteiger partial charge in [-0.15, -0.1) is 12.8 Å². The van der Waals surface area contributed by atoms with Crippen LogP contribution in [0.1, 0.15) is 11.1 Å². The molecule has 3 rings (SSSR count). The van der Waals surface area contributed by atoms with Crippen LogP contribution in [0.3, 0.4) is 0 Å². The minimum atomic E-state index is -0.450. The van der Waals surface area contributed by atoms with Crippen LogP contribution >= 0.6 is 0 Å². The van der Waals surface area contributed by atoms with Crippen LogP contribution in [0.25, 0.3) is 22.5 Å². The maximum atomic E-state index is 11.5. The zero-order valence-electron chi connectivity index (χ0n) is 13.0. The van der Waals surface area contributed by atoms with Gasteiger partial charge in [-0.2, -0.15) is 0 Å². The lowest BCUT2D eigenvalue weighted by molar-refractivity contribution is -0.384. The number of pyridine rings is 2. The molecule has 0 amide bonds. The van der Waals surface area contributed by atoms with Crippen molar-refractivity contribution in [2.75, 3.05) is 0 Å². The Morgan fingerprint density at radius 2 is 1.48 bits per heavy atom. The predicted octanol–water partition coefficient (Wildman–Crippen LogP) is 3.68. The molecule has 3 aromatic rings. The highest BCUT2D eigenvalue weighted by atomic mass is 16.6. The number of aromatic nitrogens is 2. The second kappa shape index (κ2) is 6.66. The molecule has 0 N–H and O–H groups in total. The Bertz CT molecular complexity index is 1060. The monoisotopic (exact) mass is 325 g/mol. The average Bonchev–Trinajstić information content (AvgIpc) is 2.67. The van der Waals surface area contributed by atoms with E-state index in [1.807, 2.05) is 0 Å². The quantitative estimate of drug-likeness (QED) is 0.418. The molecule has 5 nitrogen and oxygen atoms in total. The molecule has 0 aliphatic carbocycles. The van der Waals surface area contributed by atoms with Crippen molar-refractivity contribution in [3.05, 3.63) is 76.1 Å². The summed E-state index contributed by atoms with van der Waals surface area (Å²) in [4.78, 5) is 19.5. The third kappa shape index (κ3) is 3.21.